The monoisotopic (exact) mass is 278 g/mol. The fourth-order valence-electron chi connectivity index (χ4n) is 1.56. The van der Waals surface area contributed by atoms with Crippen molar-refractivity contribution in [2.75, 3.05) is 0 Å². The van der Waals surface area contributed by atoms with Gasteiger partial charge in [0.15, 0.2) is 0 Å². The topological polar surface area (TPSA) is 87.7 Å². The summed E-state index contributed by atoms with van der Waals surface area (Å²) in [5.41, 5.74) is 1.70. The first-order valence-corrected chi connectivity index (χ1v) is 6.65. The number of nitrogens with zero attached hydrogens (tertiary/aromatic N) is 2. The molecule has 0 saturated heterocycles. The molecule has 0 radical (unpaired) electrons. The van der Waals surface area contributed by atoms with E-state index in [1.807, 2.05) is 12.3 Å². The molecule has 0 spiro atoms. The van der Waals surface area contributed by atoms with Gasteiger partial charge in [-0.05, 0) is 13.8 Å². The molecular formula is C12H14N4O2S. The van der Waals surface area contributed by atoms with Gasteiger partial charge in [-0.2, -0.15) is 0 Å². The van der Waals surface area contributed by atoms with E-state index in [0.29, 0.717) is 17.8 Å². The Morgan fingerprint density at radius 2 is 2.26 bits per heavy atom. The van der Waals surface area contributed by atoms with Gasteiger partial charge in [-0.25, -0.2) is 9.97 Å². The molecule has 0 aromatic carbocycles. The number of H-pyrrole nitrogens is 1. The lowest BCUT2D eigenvalue weighted by atomic mass is 10.2. The standard InChI is InChI=1S/C12H14N4O2S/c1-7-5-19-11(16-7)4-13-10(17)3-9-8(2)12(18)15-6-14-9/h5-6H,3-4H2,1-2H3,(H,13,17)(H,14,15,18). The SMILES string of the molecule is Cc1csc(CNC(=O)Cc2nc[nH]c(=O)c2C)n1. The first-order valence-electron chi connectivity index (χ1n) is 5.77. The smallest absolute Gasteiger partial charge is 0.253 e. The predicted molar refractivity (Wildman–Crippen MR) is 72.0 cm³/mol. The highest BCUT2D eigenvalue weighted by atomic mass is 32.1. The Morgan fingerprint density at radius 3 is 2.95 bits per heavy atom. The highest BCUT2D eigenvalue weighted by Gasteiger charge is 2.09. The van der Waals surface area contributed by atoms with E-state index in [0.717, 1.165) is 10.7 Å². The summed E-state index contributed by atoms with van der Waals surface area (Å²) in [6, 6.07) is 0. The second-order valence-corrected chi connectivity index (χ2v) is 5.08. The summed E-state index contributed by atoms with van der Waals surface area (Å²) in [7, 11) is 0. The minimum absolute atomic E-state index is 0.0973. The van der Waals surface area contributed by atoms with Crippen LogP contribution >= 0.6 is 11.3 Å². The molecule has 7 heteroatoms. The molecule has 2 rings (SSSR count). The number of hydrogen-bond acceptors (Lipinski definition) is 5. The van der Waals surface area contributed by atoms with Crippen LogP contribution in [-0.4, -0.2) is 20.9 Å². The van der Waals surface area contributed by atoms with Gasteiger partial charge < -0.3 is 10.3 Å². The molecule has 0 fully saturated rings. The number of carbonyl (C=O) groups excluding carboxylic acids is 1. The Bertz CT molecular complexity index is 647. The van der Waals surface area contributed by atoms with Crippen LogP contribution in [0, 0.1) is 13.8 Å². The van der Waals surface area contributed by atoms with Crippen molar-refractivity contribution in [1.29, 1.82) is 0 Å². The maximum Gasteiger partial charge on any atom is 0.253 e. The molecule has 0 aliphatic rings. The van der Waals surface area contributed by atoms with Gasteiger partial charge in [0.05, 0.1) is 25.0 Å². The van der Waals surface area contributed by atoms with Crippen molar-refractivity contribution in [2.24, 2.45) is 0 Å². The minimum Gasteiger partial charge on any atom is -0.349 e. The molecule has 0 aliphatic carbocycles. The number of amides is 1. The number of aromatic nitrogens is 3. The molecule has 0 unspecified atom stereocenters. The first-order chi connectivity index (χ1) is 9.06. The van der Waals surface area contributed by atoms with Crippen LogP contribution in [0.25, 0.3) is 0 Å². The molecule has 2 N–H and O–H groups in total. The molecule has 0 saturated carbocycles. The summed E-state index contributed by atoms with van der Waals surface area (Å²) in [6.45, 7) is 3.96. The highest BCUT2D eigenvalue weighted by molar-refractivity contribution is 7.09. The van der Waals surface area contributed by atoms with E-state index < -0.39 is 0 Å². The number of thiazole rings is 1. The van der Waals surface area contributed by atoms with Gasteiger partial charge in [0.2, 0.25) is 5.91 Å². The van der Waals surface area contributed by atoms with Gasteiger partial charge in [-0.15, -0.1) is 11.3 Å². The van der Waals surface area contributed by atoms with Gasteiger partial charge >= 0.3 is 0 Å². The normalized spacial score (nSPS) is 10.4. The number of aryl methyl sites for hydroxylation is 1. The van der Waals surface area contributed by atoms with Crippen LogP contribution in [0.2, 0.25) is 0 Å². The number of nitrogens with one attached hydrogen (secondary N) is 2. The third kappa shape index (κ3) is 3.47. The maximum absolute atomic E-state index is 11.8. The van der Waals surface area contributed by atoms with Crippen molar-refractivity contribution in [2.45, 2.75) is 26.8 Å². The zero-order valence-corrected chi connectivity index (χ0v) is 11.5. The molecule has 0 atom stereocenters. The van der Waals surface area contributed by atoms with Crippen molar-refractivity contribution in [3.05, 3.63) is 44.0 Å². The number of aromatic amines is 1. The predicted octanol–water partition coefficient (Wildman–Crippen LogP) is 0.702. The summed E-state index contributed by atoms with van der Waals surface area (Å²) in [6.07, 6.45) is 1.41. The number of rotatable bonds is 4. The quantitative estimate of drug-likeness (QED) is 0.862. The van der Waals surface area contributed by atoms with Crippen LogP contribution in [0.1, 0.15) is 22.0 Å². The number of hydrogen-bond donors (Lipinski definition) is 2. The van der Waals surface area contributed by atoms with Gasteiger partial charge in [-0.3, -0.25) is 9.59 Å². The lowest BCUT2D eigenvalue weighted by Crippen LogP contribution is -2.26. The van der Waals surface area contributed by atoms with E-state index in [9.17, 15) is 9.59 Å². The summed E-state index contributed by atoms with van der Waals surface area (Å²) >= 11 is 1.51. The average molecular weight is 278 g/mol. The van der Waals surface area contributed by atoms with Gasteiger partial charge in [-0.1, -0.05) is 0 Å². The van der Waals surface area contributed by atoms with Crippen LogP contribution in [0.5, 0.6) is 0 Å². The Morgan fingerprint density at radius 1 is 1.47 bits per heavy atom. The zero-order chi connectivity index (χ0) is 13.8. The van der Waals surface area contributed by atoms with Gasteiger partial charge in [0.25, 0.3) is 5.56 Å². The maximum atomic E-state index is 11.8. The van der Waals surface area contributed by atoms with E-state index in [2.05, 4.69) is 20.3 Å². The molecular weight excluding hydrogens is 264 g/mol. The average Bonchev–Trinajstić information content (AvgIpc) is 2.78. The summed E-state index contributed by atoms with van der Waals surface area (Å²) in [4.78, 5) is 33.9. The largest absolute Gasteiger partial charge is 0.349 e. The second kappa shape index (κ2) is 5.75. The summed E-state index contributed by atoms with van der Waals surface area (Å²) in [5, 5.41) is 5.56. The molecule has 100 valence electrons. The van der Waals surface area contributed by atoms with Crippen molar-refractivity contribution in [1.82, 2.24) is 20.3 Å². The molecule has 2 heterocycles. The fourth-order valence-corrected chi connectivity index (χ4v) is 2.27. The first kappa shape index (κ1) is 13.4. The molecule has 0 bridgehead atoms. The lowest BCUT2D eigenvalue weighted by molar-refractivity contribution is -0.120. The van der Waals surface area contributed by atoms with Crippen molar-refractivity contribution < 1.29 is 4.79 Å². The number of carbonyl (C=O) groups is 1. The van der Waals surface area contributed by atoms with Crippen LogP contribution in [-0.2, 0) is 17.8 Å². The summed E-state index contributed by atoms with van der Waals surface area (Å²) in [5.74, 6) is -0.172. The minimum atomic E-state index is -0.214. The third-order valence-electron chi connectivity index (χ3n) is 2.62. The zero-order valence-electron chi connectivity index (χ0n) is 10.7. The molecule has 0 aliphatic heterocycles. The fraction of sp³-hybridized carbons (Fsp3) is 0.333. The van der Waals surface area contributed by atoms with Gasteiger partial charge in [0.1, 0.15) is 5.01 Å². The molecule has 6 nitrogen and oxygen atoms in total. The lowest BCUT2D eigenvalue weighted by Gasteiger charge is -2.04. The van der Waals surface area contributed by atoms with Crippen LogP contribution in [0.3, 0.4) is 0 Å². The second-order valence-electron chi connectivity index (χ2n) is 4.14. The highest BCUT2D eigenvalue weighted by Crippen LogP contribution is 2.08. The Hall–Kier alpha value is -2.02. The van der Waals surface area contributed by atoms with Crippen molar-refractivity contribution in [3.63, 3.8) is 0 Å². The van der Waals surface area contributed by atoms with Crippen LogP contribution in [0.15, 0.2) is 16.5 Å². The van der Waals surface area contributed by atoms with Crippen LogP contribution in [0.4, 0.5) is 0 Å². The Kier molecular flexibility index (Phi) is 4.06. The van der Waals surface area contributed by atoms with E-state index in [1.54, 1.807) is 6.92 Å². The van der Waals surface area contributed by atoms with Crippen molar-refractivity contribution >= 4 is 17.2 Å². The third-order valence-corrected chi connectivity index (χ3v) is 3.59. The molecule has 2 aromatic rings. The van der Waals surface area contributed by atoms with E-state index in [-0.39, 0.29) is 17.9 Å². The molecule has 1 amide bonds. The van der Waals surface area contributed by atoms with Gasteiger partial charge in [0, 0.05) is 16.6 Å². The van der Waals surface area contributed by atoms with E-state index in [1.165, 1.54) is 17.7 Å². The van der Waals surface area contributed by atoms with Crippen molar-refractivity contribution in [3.8, 4) is 0 Å². The molecule has 19 heavy (non-hydrogen) atoms. The van der Waals surface area contributed by atoms with E-state index >= 15 is 0 Å². The summed E-state index contributed by atoms with van der Waals surface area (Å²) < 4.78 is 0. The molecule has 2 aromatic heterocycles. The Labute approximate surface area is 113 Å². The Balaban J connectivity index is 1.94. The van der Waals surface area contributed by atoms with Crippen LogP contribution < -0.4 is 10.9 Å². The van der Waals surface area contributed by atoms with E-state index in [4.69, 9.17) is 0 Å².